The van der Waals surface area contributed by atoms with Gasteiger partial charge in [0.2, 0.25) is 0 Å². The van der Waals surface area contributed by atoms with Gasteiger partial charge >= 0.3 is 0 Å². The van der Waals surface area contributed by atoms with Gasteiger partial charge in [0.15, 0.2) is 0 Å². The highest BCUT2D eigenvalue weighted by Gasteiger charge is 2.06. The fourth-order valence-electron chi connectivity index (χ4n) is 2.67. The van der Waals surface area contributed by atoms with Crippen molar-refractivity contribution in [2.45, 2.75) is 52.2 Å². The molecule has 0 amide bonds. The Balaban J connectivity index is 0.00000338. The van der Waals surface area contributed by atoms with Crippen LogP contribution in [0.15, 0.2) is 46.9 Å². The van der Waals surface area contributed by atoms with Crippen LogP contribution >= 0.6 is 39.9 Å². The molecule has 0 aliphatic carbocycles. The van der Waals surface area contributed by atoms with E-state index in [4.69, 9.17) is 16.3 Å². The first-order valence-electron chi connectivity index (χ1n) is 9.06. The zero-order chi connectivity index (χ0) is 17.9. The molecular formula is C21H28BrCl2NO. The molecule has 0 fully saturated rings. The maximum atomic E-state index is 6.21. The summed E-state index contributed by atoms with van der Waals surface area (Å²) in [6, 6.07) is 13.9. The molecule has 2 nitrogen and oxygen atoms in total. The van der Waals surface area contributed by atoms with E-state index in [1.807, 2.05) is 36.4 Å². The molecule has 144 valence electrons. The SMILES string of the molecule is CCCCCCCNCc1cc(Br)ccc1OCc1ccccc1Cl.Cl. The summed E-state index contributed by atoms with van der Waals surface area (Å²) in [6.07, 6.45) is 6.49. The van der Waals surface area contributed by atoms with Gasteiger partial charge in [-0.15, -0.1) is 12.4 Å². The zero-order valence-corrected chi connectivity index (χ0v) is 18.4. The Bertz CT molecular complexity index is 652. The molecule has 0 aliphatic heterocycles. The minimum Gasteiger partial charge on any atom is -0.489 e. The Morgan fingerprint density at radius 1 is 1.00 bits per heavy atom. The van der Waals surface area contributed by atoms with E-state index in [0.29, 0.717) is 6.61 Å². The summed E-state index contributed by atoms with van der Waals surface area (Å²) < 4.78 is 7.09. The van der Waals surface area contributed by atoms with Crippen LogP contribution in [0, 0.1) is 0 Å². The molecule has 0 atom stereocenters. The second kappa shape index (κ2) is 13.4. The van der Waals surface area contributed by atoms with E-state index in [0.717, 1.165) is 39.5 Å². The van der Waals surface area contributed by atoms with Crippen molar-refractivity contribution in [3.8, 4) is 5.75 Å². The van der Waals surface area contributed by atoms with E-state index in [1.54, 1.807) is 0 Å². The van der Waals surface area contributed by atoms with Crippen molar-refractivity contribution in [3.63, 3.8) is 0 Å². The fourth-order valence-corrected chi connectivity index (χ4v) is 3.27. The molecule has 0 aromatic heterocycles. The quantitative estimate of drug-likeness (QED) is 0.359. The van der Waals surface area contributed by atoms with Crippen molar-refractivity contribution in [2.75, 3.05) is 6.54 Å². The number of hydrogen-bond donors (Lipinski definition) is 1. The summed E-state index contributed by atoms with van der Waals surface area (Å²) in [7, 11) is 0. The van der Waals surface area contributed by atoms with Gasteiger partial charge in [-0.2, -0.15) is 0 Å². The molecule has 5 heteroatoms. The first-order chi connectivity index (χ1) is 12.2. The predicted octanol–water partition coefficient (Wildman–Crippen LogP) is 7.16. The van der Waals surface area contributed by atoms with E-state index in [1.165, 1.54) is 32.1 Å². The Kier molecular flexibility index (Phi) is 12.0. The standard InChI is InChI=1S/C21H27BrClNO.ClH/c1-2-3-4-5-8-13-24-15-18-14-19(22)11-12-21(18)25-16-17-9-6-7-10-20(17)23;/h6-7,9-12,14,24H,2-5,8,13,15-16H2,1H3;1H. The van der Waals surface area contributed by atoms with Crippen molar-refractivity contribution in [3.05, 3.63) is 63.1 Å². The molecule has 2 rings (SSSR count). The molecule has 2 aromatic carbocycles. The van der Waals surface area contributed by atoms with Crippen LogP contribution in [-0.2, 0) is 13.2 Å². The van der Waals surface area contributed by atoms with Gasteiger partial charge in [0, 0.05) is 27.2 Å². The van der Waals surface area contributed by atoms with Crippen LogP contribution < -0.4 is 10.1 Å². The van der Waals surface area contributed by atoms with Gasteiger partial charge in [-0.3, -0.25) is 0 Å². The average molecular weight is 461 g/mol. The Morgan fingerprint density at radius 3 is 2.54 bits per heavy atom. The highest BCUT2D eigenvalue weighted by Crippen LogP contribution is 2.25. The van der Waals surface area contributed by atoms with Crippen molar-refractivity contribution in [1.82, 2.24) is 5.32 Å². The molecule has 0 heterocycles. The highest BCUT2D eigenvalue weighted by molar-refractivity contribution is 9.10. The van der Waals surface area contributed by atoms with Crippen LogP contribution in [0.2, 0.25) is 5.02 Å². The van der Waals surface area contributed by atoms with E-state index in [-0.39, 0.29) is 12.4 Å². The summed E-state index contributed by atoms with van der Waals surface area (Å²) in [5, 5.41) is 4.27. The summed E-state index contributed by atoms with van der Waals surface area (Å²) in [6.45, 7) is 4.58. The first kappa shape index (κ1) is 23.3. The summed E-state index contributed by atoms with van der Waals surface area (Å²) in [5.41, 5.74) is 2.16. The molecular weight excluding hydrogens is 433 g/mol. The summed E-state index contributed by atoms with van der Waals surface area (Å²) in [4.78, 5) is 0. The Labute approximate surface area is 177 Å². The second-order valence-electron chi connectivity index (χ2n) is 6.22. The van der Waals surface area contributed by atoms with Gasteiger partial charge in [0.05, 0.1) is 0 Å². The monoisotopic (exact) mass is 459 g/mol. The molecule has 26 heavy (non-hydrogen) atoms. The highest BCUT2D eigenvalue weighted by atomic mass is 79.9. The molecule has 2 aromatic rings. The number of rotatable bonds is 11. The van der Waals surface area contributed by atoms with Crippen LogP contribution in [-0.4, -0.2) is 6.54 Å². The minimum absolute atomic E-state index is 0. The number of unbranched alkanes of at least 4 members (excludes halogenated alkanes) is 4. The van der Waals surface area contributed by atoms with Gasteiger partial charge in [-0.1, -0.05) is 78.3 Å². The lowest BCUT2D eigenvalue weighted by Crippen LogP contribution is -2.15. The molecule has 0 aliphatic rings. The molecule has 0 radical (unpaired) electrons. The van der Waals surface area contributed by atoms with Crippen LogP contribution in [0.4, 0.5) is 0 Å². The van der Waals surface area contributed by atoms with Gasteiger partial charge < -0.3 is 10.1 Å². The number of hydrogen-bond acceptors (Lipinski definition) is 2. The normalized spacial score (nSPS) is 10.4. The van der Waals surface area contributed by atoms with Gasteiger partial charge in [0.25, 0.3) is 0 Å². The smallest absolute Gasteiger partial charge is 0.124 e. The van der Waals surface area contributed by atoms with Crippen molar-refractivity contribution < 1.29 is 4.74 Å². The maximum Gasteiger partial charge on any atom is 0.124 e. The van der Waals surface area contributed by atoms with Gasteiger partial charge in [0.1, 0.15) is 12.4 Å². The molecule has 0 spiro atoms. The largest absolute Gasteiger partial charge is 0.489 e. The zero-order valence-electron chi connectivity index (χ0n) is 15.3. The molecule has 0 saturated heterocycles. The minimum atomic E-state index is 0. The topological polar surface area (TPSA) is 21.3 Å². The van der Waals surface area contributed by atoms with Crippen molar-refractivity contribution in [1.29, 1.82) is 0 Å². The van der Waals surface area contributed by atoms with Crippen molar-refractivity contribution in [2.24, 2.45) is 0 Å². The second-order valence-corrected chi connectivity index (χ2v) is 7.55. The van der Waals surface area contributed by atoms with E-state index < -0.39 is 0 Å². The van der Waals surface area contributed by atoms with E-state index in [9.17, 15) is 0 Å². The lowest BCUT2D eigenvalue weighted by atomic mass is 10.1. The maximum absolute atomic E-state index is 6.21. The predicted molar refractivity (Wildman–Crippen MR) is 118 cm³/mol. The summed E-state index contributed by atoms with van der Waals surface area (Å²) >= 11 is 9.76. The van der Waals surface area contributed by atoms with Crippen LogP contribution in [0.1, 0.15) is 50.2 Å². The van der Waals surface area contributed by atoms with Crippen LogP contribution in [0.3, 0.4) is 0 Å². The fraction of sp³-hybridized carbons (Fsp3) is 0.429. The number of ether oxygens (including phenoxy) is 1. The molecule has 0 saturated carbocycles. The molecule has 0 bridgehead atoms. The Hall–Kier alpha value is -0.740. The van der Waals surface area contributed by atoms with Gasteiger partial charge in [-0.25, -0.2) is 0 Å². The lowest BCUT2D eigenvalue weighted by Gasteiger charge is -2.13. The first-order valence-corrected chi connectivity index (χ1v) is 10.2. The Morgan fingerprint density at radius 2 is 1.77 bits per heavy atom. The van der Waals surface area contributed by atoms with Gasteiger partial charge in [-0.05, 0) is 37.2 Å². The summed E-state index contributed by atoms with van der Waals surface area (Å²) in [5.74, 6) is 0.904. The van der Waals surface area contributed by atoms with Crippen molar-refractivity contribution >= 4 is 39.9 Å². The van der Waals surface area contributed by atoms with Crippen LogP contribution in [0.5, 0.6) is 5.75 Å². The molecule has 0 unspecified atom stereocenters. The molecule has 1 N–H and O–H groups in total. The number of nitrogens with one attached hydrogen (secondary N) is 1. The average Bonchev–Trinajstić information content (AvgIpc) is 2.61. The third kappa shape index (κ3) is 8.30. The van der Waals surface area contributed by atoms with Crippen LogP contribution in [0.25, 0.3) is 0 Å². The third-order valence-corrected chi connectivity index (χ3v) is 5.00. The number of halogens is 3. The third-order valence-electron chi connectivity index (χ3n) is 4.14. The van der Waals surface area contributed by atoms with E-state index in [2.05, 4.69) is 34.2 Å². The number of benzene rings is 2. The lowest BCUT2D eigenvalue weighted by molar-refractivity contribution is 0.302. The van der Waals surface area contributed by atoms with E-state index >= 15 is 0 Å².